The average Bonchev–Trinajstić information content (AvgIpc) is 3.16. The molecule has 1 aromatic heterocycles. The molecular weight excluding hydrogens is 352 g/mol. The van der Waals surface area contributed by atoms with Crippen LogP contribution in [0.3, 0.4) is 0 Å². The third kappa shape index (κ3) is 7.25. The number of aliphatic imine (C=N–C) groups is 1. The van der Waals surface area contributed by atoms with Crippen LogP contribution in [0, 0.1) is 0 Å². The number of nitrogens with one attached hydrogen (secondary N) is 2. The molecule has 0 aliphatic carbocycles. The van der Waals surface area contributed by atoms with E-state index in [0.717, 1.165) is 49.8 Å². The Morgan fingerprint density at radius 1 is 1.14 bits per heavy atom. The first-order valence-electron chi connectivity index (χ1n) is 10.0. The van der Waals surface area contributed by atoms with E-state index < -0.39 is 0 Å². The number of oxazole rings is 1. The first-order valence-corrected chi connectivity index (χ1v) is 10.0. The maximum atomic E-state index is 5.80. The number of aromatic nitrogens is 1. The summed E-state index contributed by atoms with van der Waals surface area (Å²) < 4.78 is 11.0. The zero-order valence-electron chi connectivity index (χ0n) is 17.8. The van der Waals surface area contributed by atoms with Crippen molar-refractivity contribution >= 4 is 5.96 Å². The van der Waals surface area contributed by atoms with Crippen molar-refractivity contribution in [1.29, 1.82) is 0 Å². The van der Waals surface area contributed by atoms with Crippen LogP contribution in [0.15, 0.2) is 39.9 Å². The largest absolute Gasteiger partial charge is 0.497 e. The lowest BCUT2D eigenvalue weighted by Gasteiger charge is -2.13. The van der Waals surface area contributed by atoms with Crippen LogP contribution in [0.25, 0.3) is 0 Å². The number of guanidine groups is 1. The molecule has 0 bridgehead atoms. The molecular formula is C22H34N4O2. The number of aryl methyl sites for hydroxylation is 1. The Bertz CT molecular complexity index is 730. The number of ether oxygens (including phenoxy) is 1. The van der Waals surface area contributed by atoms with Crippen molar-refractivity contribution in [1.82, 2.24) is 15.6 Å². The second-order valence-electron chi connectivity index (χ2n) is 7.80. The molecule has 6 nitrogen and oxygen atoms in total. The van der Waals surface area contributed by atoms with Crippen LogP contribution < -0.4 is 15.4 Å². The molecule has 0 fully saturated rings. The minimum absolute atomic E-state index is 0.0401. The normalized spacial score (nSPS) is 12.1. The quantitative estimate of drug-likeness (QED) is 0.386. The van der Waals surface area contributed by atoms with Gasteiger partial charge >= 0.3 is 0 Å². The average molecular weight is 387 g/mol. The summed E-state index contributed by atoms with van der Waals surface area (Å²) >= 11 is 0. The fraction of sp³-hybridized carbons (Fsp3) is 0.545. The highest BCUT2D eigenvalue weighted by molar-refractivity contribution is 5.79. The van der Waals surface area contributed by atoms with Crippen molar-refractivity contribution in [2.75, 3.05) is 20.2 Å². The first-order chi connectivity index (χ1) is 13.4. The van der Waals surface area contributed by atoms with Crippen LogP contribution in [0.1, 0.15) is 57.8 Å². The summed E-state index contributed by atoms with van der Waals surface area (Å²) in [5.41, 5.74) is 1.29. The van der Waals surface area contributed by atoms with Crippen molar-refractivity contribution in [3.63, 3.8) is 0 Å². The molecule has 0 aliphatic heterocycles. The minimum atomic E-state index is -0.0401. The number of nitrogens with zero attached hydrogens (tertiary/aromatic N) is 2. The van der Waals surface area contributed by atoms with Gasteiger partial charge in [-0.25, -0.2) is 9.98 Å². The molecule has 0 saturated carbocycles. The lowest BCUT2D eigenvalue weighted by molar-refractivity contribution is 0.383. The first kappa shape index (κ1) is 21.8. The molecule has 0 aliphatic rings. The van der Waals surface area contributed by atoms with Gasteiger partial charge in [0.1, 0.15) is 18.1 Å². The fourth-order valence-corrected chi connectivity index (χ4v) is 2.67. The standard InChI is InChI=1S/C22H34N4O2/c1-6-23-21(26-16-20-25-15-19(28-20)22(2,3)4)24-14-8-7-9-17-10-12-18(27-5)13-11-17/h10-13,15H,6-9,14,16H2,1-5H3,(H2,23,24,26). The number of unbranched alkanes of at least 4 members (excludes halogenated alkanes) is 1. The molecule has 0 unspecified atom stereocenters. The summed E-state index contributed by atoms with van der Waals surface area (Å²) in [5.74, 6) is 3.22. The predicted molar refractivity (Wildman–Crippen MR) is 114 cm³/mol. The number of methoxy groups -OCH3 is 1. The van der Waals surface area contributed by atoms with Crippen LogP contribution in [0.5, 0.6) is 5.75 Å². The highest BCUT2D eigenvalue weighted by Gasteiger charge is 2.18. The maximum absolute atomic E-state index is 5.80. The number of rotatable bonds is 9. The third-order valence-electron chi connectivity index (χ3n) is 4.35. The van der Waals surface area contributed by atoms with E-state index in [1.165, 1.54) is 5.56 Å². The Morgan fingerprint density at radius 3 is 2.50 bits per heavy atom. The summed E-state index contributed by atoms with van der Waals surface area (Å²) in [5, 5.41) is 6.65. The maximum Gasteiger partial charge on any atom is 0.216 e. The molecule has 0 atom stereocenters. The molecule has 0 saturated heterocycles. The van der Waals surface area contributed by atoms with Gasteiger partial charge in [0.15, 0.2) is 5.96 Å². The summed E-state index contributed by atoms with van der Waals surface area (Å²) in [6.07, 6.45) is 5.05. The Hall–Kier alpha value is -2.50. The minimum Gasteiger partial charge on any atom is -0.497 e. The van der Waals surface area contributed by atoms with Crippen molar-refractivity contribution in [3.05, 3.63) is 47.7 Å². The van der Waals surface area contributed by atoms with E-state index in [1.54, 1.807) is 13.3 Å². The van der Waals surface area contributed by atoms with Crippen molar-refractivity contribution in [2.45, 2.75) is 58.9 Å². The van der Waals surface area contributed by atoms with Gasteiger partial charge < -0.3 is 19.8 Å². The van der Waals surface area contributed by atoms with Crippen molar-refractivity contribution in [2.24, 2.45) is 4.99 Å². The van der Waals surface area contributed by atoms with Crippen LogP contribution in [-0.4, -0.2) is 31.1 Å². The second kappa shape index (κ2) is 10.7. The second-order valence-corrected chi connectivity index (χ2v) is 7.80. The topological polar surface area (TPSA) is 71.7 Å². The van der Waals surface area contributed by atoms with E-state index in [1.807, 2.05) is 12.1 Å². The Balaban J connectivity index is 1.75. The highest BCUT2D eigenvalue weighted by Crippen LogP contribution is 2.22. The Kier molecular flexibility index (Phi) is 8.36. The Labute approximate surface area is 168 Å². The molecule has 1 heterocycles. The number of hydrogen-bond donors (Lipinski definition) is 2. The summed E-state index contributed by atoms with van der Waals surface area (Å²) in [6.45, 7) is 10.5. The van der Waals surface area contributed by atoms with Gasteiger partial charge in [-0.3, -0.25) is 0 Å². The van der Waals surface area contributed by atoms with Crippen LogP contribution in [0.2, 0.25) is 0 Å². The number of benzene rings is 1. The Morgan fingerprint density at radius 2 is 1.89 bits per heavy atom. The van der Waals surface area contributed by atoms with Crippen molar-refractivity contribution in [3.8, 4) is 5.75 Å². The van der Waals surface area contributed by atoms with Gasteiger partial charge in [-0.1, -0.05) is 32.9 Å². The van der Waals surface area contributed by atoms with E-state index in [2.05, 4.69) is 60.4 Å². The van der Waals surface area contributed by atoms with E-state index in [-0.39, 0.29) is 5.41 Å². The summed E-state index contributed by atoms with van der Waals surface area (Å²) in [7, 11) is 1.69. The lowest BCUT2D eigenvalue weighted by Crippen LogP contribution is -2.37. The zero-order chi connectivity index (χ0) is 20.4. The van der Waals surface area contributed by atoms with Gasteiger partial charge in [-0.15, -0.1) is 0 Å². The van der Waals surface area contributed by atoms with Gasteiger partial charge in [0.05, 0.1) is 13.3 Å². The van der Waals surface area contributed by atoms with E-state index in [0.29, 0.717) is 12.4 Å². The van der Waals surface area contributed by atoms with Gasteiger partial charge in [0.2, 0.25) is 5.89 Å². The molecule has 2 rings (SSSR count). The van der Waals surface area contributed by atoms with Gasteiger partial charge in [0, 0.05) is 18.5 Å². The SMILES string of the molecule is CCNC(=NCc1ncc(C(C)(C)C)o1)NCCCCc1ccc(OC)cc1. The van der Waals surface area contributed by atoms with E-state index >= 15 is 0 Å². The molecule has 0 radical (unpaired) electrons. The monoisotopic (exact) mass is 386 g/mol. The molecule has 154 valence electrons. The summed E-state index contributed by atoms with van der Waals surface area (Å²) in [4.78, 5) is 8.91. The van der Waals surface area contributed by atoms with E-state index in [4.69, 9.17) is 9.15 Å². The zero-order valence-corrected chi connectivity index (χ0v) is 17.8. The molecule has 2 aromatic rings. The third-order valence-corrected chi connectivity index (χ3v) is 4.35. The summed E-state index contributed by atoms with van der Waals surface area (Å²) in [6, 6.07) is 8.27. The van der Waals surface area contributed by atoms with Crippen molar-refractivity contribution < 1.29 is 9.15 Å². The van der Waals surface area contributed by atoms with Gasteiger partial charge in [-0.05, 0) is 43.9 Å². The predicted octanol–water partition coefficient (Wildman–Crippen LogP) is 4.06. The van der Waals surface area contributed by atoms with Crippen LogP contribution >= 0.6 is 0 Å². The lowest BCUT2D eigenvalue weighted by atomic mass is 9.94. The van der Waals surface area contributed by atoms with Crippen LogP contribution in [-0.2, 0) is 18.4 Å². The molecule has 28 heavy (non-hydrogen) atoms. The number of hydrogen-bond acceptors (Lipinski definition) is 4. The van der Waals surface area contributed by atoms with E-state index in [9.17, 15) is 0 Å². The van der Waals surface area contributed by atoms with Gasteiger partial charge in [0.25, 0.3) is 0 Å². The highest BCUT2D eigenvalue weighted by atomic mass is 16.5. The van der Waals surface area contributed by atoms with Gasteiger partial charge in [-0.2, -0.15) is 0 Å². The fourth-order valence-electron chi connectivity index (χ4n) is 2.67. The molecule has 6 heteroatoms. The molecule has 0 amide bonds. The molecule has 1 aromatic carbocycles. The molecule has 2 N–H and O–H groups in total. The van der Waals surface area contributed by atoms with Crippen LogP contribution in [0.4, 0.5) is 0 Å². The molecule has 0 spiro atoms. The smallest absolute Gasteiger partial charge is 0.216 e.